The van der Waals surface area contributed by atoms with Crippen molar-refractivity contribution in [2.45, 2.75) is 32.6 Å². The van der Waals surface area contributed by atoms with E-state index in [4.69, 9.17) is 0 Å². The molecule has 1 aliphatic carbocycles. The summed E-state index contributed by atoms with van der Waals surface area (Å²) in [4.78, 5) is 11.0. The third-order valence-electron chi connectivity index (χ3n) is 2.92. The second-order valence-electron chi connectivity index (χ2n) is 4.15. The molecule has 3 heteroatoms. The first-order valence-electron chi connectivity index (χ1n) is 5.18. The molecule has 2 nitrogen and oxygen atoms in total. The minimum Gasteiger partial charge on any atom is -0.325 e. The molecule has 0 radical (unpaired) electrons. The van der Waals surface area contributed by atoms with Gasteiger partial charge in [0.1, 0.15) is 0 Å². The van der Waals surface area contributed by atoms with Crippen molar-refractivity contribution in [1.29, 1.82) is 0 Å². The SMILES string of the molecule is CC(=O)Nc1cc2c(cc1Br)CCC2C. The lowest BCUT2D eigenvalue weighted by atomic mass is 10.0. The number of aryl methyl sites for hydroxylation is 1. The van der Waals surface area contributed by atoms with Crippen molar-refractivity contribution in [2.24, 2.45) is 0 Å². The van der Waals surface area contributed by atoms with E-state index in [0.717, 1.165) is 16.6 Å². The Balaban J connectivity index is 2.41. The first-order chi connectivity index (χ1) is 7.08. The van der Waals surface area contributed by atoms with Gasteiger partial charge in [0.15, 0.2) is 0 Å². The number of benzene rings is 1. The number of hydrogen-bond donors (Lipinski definition) is 1. The van der Waals surface area contributed by atoms with Crippen LogP contribution in [0, 0.1) is 0 Å². The third kappa shape index (κ3) is 2.07. The van der Waals surface area contributed by atoms with Crippen molar-refractivity contribution in [3.63, 3.8) is 0 Å². The normalized spacial score (nSPS) is 18.7. The number of nitrogens with one attached hydrogen (secondary N) is 1. The van der Waals surface area contributed by atoms with Crippen molar-refractivity contribution in [3.8, 4) is 0 Å². The Labute approximate surface area is 98.2 Å². The summed E-state index contributed by atoms with van der Waals surface area (Å²) in [5.41, 5.74) is 3.67. The van der Waals surface area contributed by atoms with E-state index < -0.39 is 0 Å². The van der Waals surface area contributed by atoms with Gasteiger partial charge in [0.25, 0.3) is 0 Å². The van der Waals surface area contributed by atoms with E-state index in [9.17, 15) is 4.79 Å². The largest absolute Gasteiger partial charge is 0.325 e. The fraction of sp³-hybridized carbons (Fsp3) is 0.417. The van der Waals surface area contributed by atoms with Gasteiger partial charge < -0.3 is 5.32 Å². The number of carbonyl (C=O) groups is 1. The fourth-order valence-corrected chi connectivity index (χ4v) is 2.61. The molecule has 0 aliphatic heterocycles. The van der Waals surface area contributed by atoms with Crippen LogP contribution < -0.4 is 5.32 Å². The summed E-state index contributed by atoms with van der Waals surface area (Å²) in [5, 5.41) is 2.84. The van der Waals surface area contributed by atoms with Crippen molar-refractivity contribution < 1.29 is 4.79 Å². The molecule has 1 aromatic carbocycles. The minimum atomic E-state index is -0.0266. The van der Waals surface area contributed by atoms with E-state index in [1.54, 1.807) is 0 Å². The summed E-state index contributed by atoms with van der Waals surface area (Å²) >= 11 is 3.48. The molecule has 0 bridgehead atoms. The molecular weight excluding hydrogens is 254 g/mol. The molecule has 1 amide bonds. The highest BCUT2D eigenvalue weighted by Crippen LogP contribution is 2.37. The maximum Gasteiger partial charge on any atom is 0.221 e. The van der Waals surface area contributed by atoms with Crippen LogP contribution in [0.25, 0.3) is 0 Å². The first-order valence-corrected chi connectivity index (χ1v) is 5.97. The average molecular weight is 268 g/mol. The Bertz CT molecular complexity index is 414. The van der Waals surface area contributed by atoms with Crippen LogP contribution >= 0.6 is 15.9 Å². The molecule has 1 aliphatic rings. The molecule has 2 rings (SSSR count). The zero-order chi connectivity index (χ0) is 11.0. The maximum absolute atomic E-state index is 11.0. The smallest absolute Gasteiger partial charge is 0.221 e. The fourth-order valence-electron chi connectivity index (χ4n) is 2.12. The van der Waals surface area contributed by atoms with Crippen LogP contribution in [-0.2, 0) is 11.2 Å². The van der Waals surface area contributed by atoms with Gasteiger partial charge in [-0.25, -0.2) is 0 Å². The van der Waals surface area contributed by atoms with Gasteiger partial charge in [-0.2, -0.15) is 0 Å². The Morgan fingerprint density at radius 3 is 2.93 bits per heavy atom. The molecule has 0 saturated heterocycles. The lowest BCUT2D eigenvalue weighted by molar-refractivity contribution is -0.114. The standard InChI is InChI=1S/C12H14BrNO/c1-7-3-4-9-5-11(13)12(6-10(7)9)14-8(2)15/h5-7H,3-4H2,1-2H3,(H,14,15). The zero-order valence-corrected chi connectivity index (χ0v) is 10.5. The number of halogens is 1. The topological polar surface area (TPSA) is 29.1 Å². The quantitative estimate of drug-likeness (QED) is 0.830. The molecule has 1 N–H and O–H groups in total. The molecule has 0 aromatic heterocycles. The maximum atomic E-state index is 11.0. The highest BCUT2D eigenvalue weighted by Gasteiger charge is 2.20. The van der Waals surface area contributed by atoms with Crippen LogP contribution in [-0.4, -0.2) is 5.91 Å². The highest BCUT2D eigenvalue weighted by molar-refractivity contribution is 9.10. The van der Waals surface area contributed by atoms with Gasteiger partial charge in [0, 0.05) is 11.4 Å². The van der Waals surface area contributed by atoms with Crippen LogP contribution in [0.15, 0.2) is 16.6 Å². The lowest BCUT2D eigenvalue weighted by Gasteiger charge is -2.10. The summed E-state index contributed by atoms with van der Waals surface area (Å²) in [6.45, 7) is 3.76. The van der Waals surface area contributed by atoms with Gasteiger partial charge in [-0.1, -0.05) is 6.92 Å². The molecular formula is C12H14BrNO. The molecule has 0 heterocycles. The zero-order valence-electron chi connectivity index (χ0n) is 8.93. The predicted octanol–water partition coefficient (Wildman–Crippen LogP) is 3.46. The second kappa shape index (κ2) is 3.97. The molecule has 1 unspecified atom stereocenters. The summed E-state index contributed by atoms with van der Waals surface area (Å²) < 4.78 is 0.977. The van der Waals surface area contributed by atoms with Crippen molar-refractivity contribution >= 4 is 27.5 Å². The molecule has 80 valence electrons. The first kappa shape index (κ1) is 10.7. The Hall–Kier alpha value is -0.830. The van der Waals surface area contributed by atoms with Crippen molar-refractivity contribution in [3.05, 3.63) is 27.7 Å². The number of carbonyl (C=O) groups excluding carboxylic acids is 1. The molecule has 1 aromatic rings. The van der Waals surface area contributed by atoms with E-state index in [1.807, 2.05) is 0 Å². The van der Waals surface area contributed by atoms with E-state index in [0.29, 0.717) is 5.92 Å². The summed E-state index contributed by atoms with van der Waals surface area (Å²) in [6, 6.07) is 4.22. The van der Waals surface area contributed by atoms with Gasteiger partial charge in [0.05, 0.1) is 5.69 Å². The number of rotatable bonds is 1. The summed E-state index contributed by atoms with van der Waals surface area (Å²) in [6.07, 6.45) is 2.36. The van der Waals surface area contributed by atoms with Crippen LogP contribution in [0.1, 0.15) is 37.3 Å². The number of anilines is 1. The number of fused-ring (bicyclic) bond motifs is 1. The van der Waals surface area contributed by atoms with E-state index in [1.165, 1.54) is 24.5 Å². The molecule has 1 atom stereocenters. The van der Waals surface area contributed by atoms with Crippen LogP contribution in [0.5, 0.6) is 0 Å². The number of amides is 1. The van der Waals surface area contributed by atoms with Crippen LogP contribution in [0.2, 0.25) is 0 Å². The Morgan fingerprint density at radius 2 is 2.27 bits per heavy atom. The van der Waals surface area contributed by atoms with Gasteiger partial charge >= 0.3 is 0 Å². The summed E-state index contributed by atoms with van der Waals surface area (Å²) in [5.74, 6) is 0.585. The Morgan fingerprint density at radius 1 is 1.53 bits per heavy atom. The number of hydrogen-bond acceptors (Lipinski definition) is 1. The molecule has 0 saturated carbocycles. The van der Waals surface area contributed by atoms with Gasteiger partial charge in [-0.3, -0.25) is 4.79 Å². The Kier molecular flexibility index (Phi) is 2.83. The van der Waals surface area contributed by atoms with Crippen molar-refractivity contribution in [2.75, 3.05) is 5.32 Å². The van der Waals surface area contributed by atoms with Crippen LogP contribution in [0.3, 0.4) is 0 Å². The van der Waals surface area contributed by atoms with Gasteiger partial charge in [0.2, 0.25) is 5.91 Å². The minimum absolute atomic E-state index is 0.0266. The molecule has 15 heavy (non-hydrogen) atoms. The van der Waals surface area contributed by atoms with Gasteiger partial charge in [-0.05, 0) is 57.9 Å². The van der Waals surface area contributed by atoms with E-state index in [2.05, 4.69) is 40.3 Å². The van der Waals surface area contributed by atoms with E-state index >= 15 is 0 Å². The highest BCUT2D eigenvalue weighted by atomic mass is 79.9. The van der Waals surface area contributed by atoms with Crippen LogP contribution in [0.4, 0.5) is 5.69 Å². The molecule has 0 spiro atoms. The van der Waals surface area contributed by atoms with Gasteiger partial charge in [-0.15, -0.1) is 0 Å². The average Bonchev–Trinajstić information content (AvgIpc) is 2.48. The third-order valence-corrected chi connectivity index (χ3v) is 3.57. The lowest BCUT2D eigenvalue weighted by Crippen LogP contribution is -2.07. The van der Waals surface area contributed by atoms with Crippen molar-refractivity contribution in [1.82, 2.24) is 0 Å². The second-order valence-corrected chi connectivity index (χ2v) is 5.01. The monoisotopic (exact) mass is 267 g/mol. The molecule has 0 fully saturated rings. The van der Waals surface area contributed by atoms with E-state index in [-0.39, 0.29) is 5.91 Å². The predicted molar refractivity (Wildman–Crippen MR) is 65.2 cm³/mol. The summed E-state index contributed by atoms with van der Waals surface area (Å²) in [7, 11) is 0.